The van der Waals surface area contributed by atoms with Crippen molar-refractivity contribution in [3.05, 3.63) is 89.7 Å². The van der Waals surface area contributed by atoms with Crippen LogP contribution in [0.2, 0.25) is 0 Å². The van der Waals surface area contributed by atoms with Gasteiger partial charge in [0.05, 0.1) is 18.7 Å². The first-order valence-corrected chi connectivity index (χ1v) is 10.9. The summed E-state index contributed by atoms with van der Waals surface area (Å²) in [5.74, 6) is 0.248. The highest BCUT2D eigenvalue weighted by Crippen LogP contribution is 2.44. The van der Waals surface area contributed by atoms with E-state index < -0.39 is 0 Å². The van der Waals surface area contributed by atoms with E-state index in [1.165, 1.54) is 17.5 Å². The third-order valence-electron chi connectivity index (χ3n) is 6.55. The lowest BCUT2D eigenvalue weighted by Crippen LogP contribution is -2.37. The van der Waals surface area contributed by atoms with Gasteiger partial charge in [0.15, 0.2) is 0 Å². The number of rotatable bonds is 6. The smallest absolute Gasteiger partial charge is 0.225 e. The predicted octanol–water partition coefficient (Wildman–Crippen LogP) is 3.77. The number of carbonyl (C=O) groups excluding carboxylic acids is 1. The lowest BCUT2D eigenvalue weighted by Gasteiger charge is -2.24. The summed E-state index contributed by atoms with van der Waals surface area (Å²) in [4.78, 5) is 15.6. The molecule has 1 aromatic heterocycles. The Kier molecular flexibility index (Phi) is 5.37. The molecule has 154 valence electrons. The number of amides is 1. The quantitative estimate of drug-likeness (QED) is 0.685. The van der Waals surface area contributed by atoms with Gasteiger partial charge in [0.25, 0.3) is 0 Å². The molecule has 0 bridgehead atoms. The molecule has 2 aliphatic heterocycles. The van der Waals surface area contributed by atoms with Crippen LogP contribution in [-0.4, -0.2) is 33.2 Å². The minimum absolute atomic E-state index is 0.0667. The fraction of sp³-hybridized carbons (Fsp3) is 0.360. The standard InChI is InChI=1S/C25H28N4O/c30-25(26-15-20-16-27-28(18-20)17-19-8-3-1-4-9-19)22-14-24(21-10-5-2-6-11-21)29-13-7-12-23(22)29/h1-6,8-11,16,18,22-24H,7,12-15,17H2,(H,26,30)/t22-,23+,24-/m0/s1. The SMILES string of the molecule is O=C(NCc1cnn(Cc2ccccc2)c1)[C@H]1C[C@@H](c2ccccc2)N2CCC[C@H]12. The summed E-state index contributed by atoms with van der Waals surface area (Å²) < 4.78 is 1.93. The van der Waals surface area contributed by atoms with Crippen LogP contribution in [0.1, 0.15) is 42.0 Å². The number of nitrogens with zero attached hydrogens (tertiary/aromatic N) is 3. The van der Waals surface area contributed by atoms with E-state index in [-0.39, 0.29) is 11.8 Å². The Morgan fingerprint density at radius 2 is 1.80 bits per heavy atom. The van der Waals surface area contributed by atoms with Crippen molar-refractivity contribution in [2.24, 2.45) is 5.92 Å². The molecule has 30 heavy (non-hydrogen) atoms. The number of hydrogen-bond acceptors (Lipinski definition) is 3. The molecule has 0 spiro atoms. The second kappa shape index (κ2) is 8.44. The van der Waals surface area contributed by atoms with Crippen molar-refractivity contribution >= 4 is 5.91 Å². The molecule has 2 aromatic carbocycles. The Hall–Kier alpha value is -2.92. The highest BCUT2D eigenvalue weighted by atomic mass is 16.2. The van der Waals surface area contributed by atoms with Gasteiger partial charge >= 0.3 is 0 Å². The van der Waals surface area contributed by atoms with E-state index in [0.717, 1.165) is 31.5 Å². The lowest BCUT2D eigenvalue weighted by atomic mass is 9.93. The zero-order valence-electron chi connectivity index (χ0n) is 17.2. The first-order valence-electron chi connectivity index (χ1n) is 10.9. The van der Waals surface area contributed by atoms with Crippen LogP contribution < -0.4 is 5.32 Å². The largest absolute Gasteiger partial charge is 0.352 e. The summed E-state index contributed by atoms with van der Waals surface area (Å²) in [6.45, 7) is 2.38. The maximum absolute atomic E-state index is 13.1. The van der Waals surface area contributed by atoms with Crippen molar-refractivity contribution in [3.63, 3.8) is 0 Å². The summed E-state index contributed by atoms with van der Waals surface area (Å²) in [5.41, 5.74) is 3.59. The van der Waals surface area contributed by atoms with Crippen LogP contribution in [0.25, 0.3) is 0 Å². The first kappa shape index (κ1) is 19.1. The van der Waals surface area contributed by atoms with Crippen molar-refractivity contribution < 1.29 is 4.79 Å². The van der Waals surface area contributed by atoms with Crippen molar-refractivity contribution in [3.8, 4) is 0 Å². The van der Waals surface area contributed by atoms with E-state index >= 15 is 0 Å². The van der Waals surface area contributed by atoms with Crippen molar-refractivity contribution in [2.75, 3.05) is 6.54 Å². The second-order valence-electron chi connectivity index (χ2n) is 8.47. The molecule has 5 nitrogen and oxygen atoms in total. The monoisotopic (exact) mass is 400 g/mol. The van der Waals surface area contributed by atoms with Gasteiger partial charge in [-0.05, 0) is 36.9 Å². The second-order valence-corrected chi connectivity index (χ2v) is 8.47. The molecule has 2 saturated heterocycles. The van der Waals surface area contributed by atoms with Gasteiger partial charge in [-0.3, -0.25) is 14.4 Å². The topological polar surface area (TPSA) is 50.2 Å². The van der Waals surface area contributed by atoms with Gasteiger partial charge < -0.3 is 5.32 Å². The van der Waals surface area contributed by atoms with Crippen LogP contribution in [-0.2, 0) is 17.9 Å². The van der Waals surface area contributed by atoms with Gasteiger partial charge in [-0.2, -0.15) is 5.10 Å². The molecule has 3 aromatic rings. The van der Waals surface area contributed by atoms with Gasteiger partial charge in [0.2, 0.25) is 5.91 Å². The van der Waals surface area contributed by atoms with E-state index in [4.69, 9.17) is 0 Å². The third-order valence-corrected chi connectivity index (χ3v) is 6.55. The van der Waals surface area contributed by atoms with Crippen LogP contribution in [0, 0.1) is 5.92 Å². The van der Waals surface area contributed by atoms with E-state index in [1.54, 1.807) is 0 Å². The van der Waals surface area contributed by atoms with E-state index in [2.05, 4.69) is 57.8 Å². The minimum atomic E-state index is 0.0667. The zero-order chi connectivity index (χ0) is 20.3. The van der Waals surface area contributed by atoms with Crippen molar-refractivity contribution in [1.29, 1.82) is 0 Å². The fourth-order valence-corrected chi connectivity index (χ4v) is 5.13. The summed E-state index contributed by atoms with van der Waals surface area (Å²) in [6.07, 6.45) is 7.09. The summed E-state index contributed by atoms with van der Waals surface area (Å²) in [5, 5.41) is 7.63. The average molecular weight is 401 g/mol. The molecule has 2 fully saturated rings. The molecule has 5 heteroatoms. The molecule has 0 saturated carbocycles. The Bertz CT molecular complexity index is 985. The van der Waals surface area contributed by atoms with Crippen LogP contribution in [0.5, 0.6) is 0 Å². The Morgan fingerprint density at radius 3 is 2.60 bits per heavy atom. The summed E-state index contributed by atoms with van der Waals surface area (Å²) >= 11 is 0. The Balaban J connectivity index is 1.21. The van der Waals surface area contributed by atoms with Gasteiger partial charge in [-0.1, -0.05) is 60.7 Å². The van der Waals surface area contributed by atoms with E-state index in [0.29, 0.717) is 18.6 Å². The van der Waals surface area contributed by atoms with Gasteiger partial charge in [0, 0.05) is 30.4 Å². The zero-order valence-corrected chi connectivity index (χ0v) is 17.2. The molecular weight excluding hydrogens is 372 g/mol. The molecule has 0 radical (unpaired) electrons. The molecule has 0 unspecified atom stereocenters. The lowest BCUT2D eigenvalue weighted by molar-refractivity contribution is -0.125. The molecule has 2 aliphatic rings. The average Bonchev–Trinajstić information content (AvgIpc) is 3.50. The number of nitrogens with one attached hydrogen (secondary N) is 1. The number of benzene rings is 2. The minimum Gasteiger partial charge on any atom is -0.352 e. The van der Waals surface area contributed by atoms with Crippen LogP contribution in [0.15, 0.2) is 73.1 Å². The third kappa shape index (κ3) is 3.90. The predicted molar refractivity (Wildman–Crippen MR) is 117 cm³/mol. The molecule has 1 N–H and O–H groups in total. The number of hydrogen-bond donors (Lipinski definition) is 1. The number of fused-ring (bicyclic) bond motifs is 1. The number of aromatic nitrogens is 2. The highest BCUT2D eigenvalue weighted by Gasteiger charge is 2.46. The normalized spacial score (nSPS) is 23.4. The molecule has 5 rings (SSSR count). The van der Waals surface area contributed by atoms with Crippen LogP contribution >= 0.6 is 0 Å². The molecule has 0 aliphatic carbocycles. The molecule has 3 atom stereocenters. The highest BCUT2D eigenvalue weighted by molar-refractivity contribution is 5.80. The van der Waals surface area contributed by atoms with E-state index in [1.807, 2.05) is 35.3 Å². The number of carbonyl (C=O) groups is 1. The first-order chi connectivity index (χ1) is 14.8. The maximum atomic E-state index is 13.1. The van der Waals surface area contributed by atoms with Crippen molar-refractivity contribution in [2.45, 2.75) is 44.4 Å². The van der Waals surface area contributed by atoms with Gasteiger partial charge in [0.1, 0.15) is 0 Å². The van der Waals surface area contributed by atoms with Crippen molar-refractivity contribution in [1.82, 2.24) is 20.0 Å². The Labute approximate surface area is 177 Å². The molecule has 3 heterocycles. The Morgan fingerprint density at radius 1 is 1.03 bits per heavy atom. The molecule has 1 amide bonds. The maximum Gasteiger partial charge on any atom is 0.225 e. The molecular formula is C25H28N4O. The summed E-state index contributed by atoms with van der Waals surface area (Å²) in [7, 11) is 0. The van der Waals surface area contributed by atoms with Crippen LogP contribution in [0.4, 0.5) is 0 Å². The van der Waals surface area contributed by atoms with Gasteiger partial charge in [-0.15, -0.1) is 0 Å². The van der Waals surface area contributed by atoms with Crippen LogP contribution in [0.3, 0.4) is 0 Å². The van der Waals surface area contributed by atoms with Gasteiger partial charge in [-0.25, -0.2) is 0 Å². The van der Waals surface area contributed by atoms with E-state index in [9.17, 15) is 4.79 Å². The fourth-order valence-electron chi connectivity index (χ4n) is 5.13. The summed E-state index contributed by atoms with van der Waals surface area (Å²) in [6, 6.07) is 21.7.